The maximum atomic E-state index is 11.8. The van der Waals surface area contributed by atoms with E-state index in [1.54, 1.807) is 0 Å². The highest BCUT2D eigenvalue weighted by molar-refractivity contribution is 7.92. The molecule has 0 radical (unpaired) electrons. The largest absolute Gasteiger partial charge is 0.269 e. The zero-order valence-electron chi connectivity index (χ0n) is 8.77. The minimum absolute atomic E-state index is 0.0355. The lowest BCUT2D eigenvalue weighted by molar-refractivity contribution is -0.384. The zero-order chi connectivity index (χ0) is 13.2. The van der Waals surface area contributed by atoms with Crippen LogP contribution in [-0.2, 0) is 10.0 Å². The molecule has 0 saturated carbocycles. The predicted octanol–water partition coefficient (Wildman–Crippen LogP) is 0.514. The van der Waals surface area contributed by atoms with Crippen LogP contribution in [0.3, 0.4) is 0 Å². The van der Waals surface area contributed by atoms with Crippen molar-refractivity contribution in [1.82, 2.24) is 15.4 Å². The van der Waals surface area contributed by atoms with Gasteiger partial charge in [0.2, 0.25) is 0 Å². The Bertz CT molecular complexity index is 649. The maximum Gasteiger partial charge on any atom is 0.269 e. The van der Waals surface area contributed by atoms with Crippen molar-refractivity contribution in [2.75, 3.05) is 4.72 Å². The van der Waals surface area contributed by atoms with E-state index in [0.29, 0.717) is 0 Å². The average molecular weight is 269 g/mol. The predicted molar refractivity (Wildman–Crippen MR) is 60.3 cm³/mol. The monoisotopic (exact) mass is 269 g/mol. The van der Waals surface area contributed by atoms with Crippen LogP contribution in [0.25, 0.3) is 0 Å². The van der Waals surface area contributed by atoms with Crippen molar-refractivity contribution < 1.29 is 13.3 Å². The molecule has 0 aliphatic rings. The van der Waals surface area contributed by atoms with Gasteiger partial charge in [-0.05, 0) is 12.1 Å². The molecule has 2 N–H and O–H groups in total. The van der Waals surface area contributed by atoms with Crippen molar-refractivity contribution >= 4 is 21.5 Å². The normalized spacial score (nSPS) is 11.1. The highest BCUT2D eigenvalue weighted by Gasteiger charge is 2.16. The summed E-state index contributed by atoms with van der Waals surface area (Å²) < 4.78 is 25.8. The number of H-pyrrole nitrogens is 1. The Hall–Kier alpha value is -2.49. The number of nitrogens with one attached hydrogen (secondary N) is 2. The summed E-state index contributed by atoms with van der Waals surface area (Å²) in [6.07, 6.45) is 1.20. The molecule has 0 bridgehead atoms. The topological polar surface area (TPSA) is 131 Å². The zero-order valence-corrected chi connectivity index (χ0v) is 9.59. The number of nitro benzene ring substituents is 1. The van der Waals surface area contributed by atoms with Crippen molar-refractivity contribution in [3.63, 3.8) is 0 Å². The van der Waals surface area contributed by atoms with Gasteiger partial charge in [0.1, 0.15) is 0 Å². The molecule has 0 unspecified atom stereocenters. The van der Waals surface area contributed by atoms with Gasteiger partial charge in [-0.15, -0.1) is 5.10 Å². The number of nitrogens with zero attached hydrogens (tertiary/aromatic N) is 3. The molecular formula is C8H7N5O4S. The molecule has 18 heavy (non-hydrogen) atoms. The molecular weight excluding hydrogens is 262 g/mol. The third kappa shape index (κ3) is 2.43. The highest BCUT2D eigenvalue weighted by atomic mass is 32.2. The summed E-state index contributed by atoms with van der Waals surface area (Å²) in [5.41, 5.74) is -0.185. The van der Waals surface area contributed by atoms with Gasteiger partial charge in [0, 0.05) is 12.1 Å². The smallest absolute Gasteiger partial charge is 0.261 e. The van der Waals surface area contributed by atoms with Crippen molar-refractivity contribution in [1.29, 1.82) is 0 Å². The SMILES string of the molecule is O=[N+]([O-])c1ccc(S(=O)(=O)Nc2cn[nH]n2)cc1. The standard InChI is InChI=1S/C8H7N5O4S/c14-13(15)6-1-3-7(4-2-6)18(16,17)11-8-5-9-12-10-8/h1-5H,(H2,9,10,11,12). The number of hydrogen-bond donors (Lipinski definition) is 2. The number of rotatable bonds is 4. The van der Waals surface area contributed by atoms with E-state index in [-0.39, 0.29) is 16.4 Å². The Morgan fingerprint density at radius 1 is 1.28 bits per heavy atom. The Labute approximate surface area is 101 Å². The van der Waals surface area contributed by atoms with Gasteiger partial charge in [0.05, 0.1) is 16.0 Å². The maximum absolute atomic E-state index is 11.8. The molecule has 0 amide bonds. The summed E-state index contributed by atoms with van der Waals surface area (Å²) in [6.45, 7) is 0. The minimum atomic E-state index is -3.82. The van der Waals surface area contributed by atoms with Gasteiger partial charge >= 0.3 is 0 Å². The fourth-order valence-corrected chi connectivity index (χ4v) is 2.18. The first-order chi connectivity index (χ1) is 8.49. The van der Waals surface area contributed by atoms with E-state index in [2.05, 4.69) is 20.1 Å². The van der Waals surface area contributed by atoms with Gasteiger partial charge in [-0.1, -0.05) is 0 Å². The lowest BCUT2D eigenvalue weighted by atomic mass is 10.3. The van der Waals surface area contributed by atoms with Gasteiger partial charge in [-0.3, -0.25) is 14.8 Å². The number of aromatic amines is 1. The van der Waals surface area contributed by atoms with Gasteiger partial charge in [0.25, 0.3) is 15.7 Å². The summed E-state index contributed by atoms with van der Waals surface area (Å²) in [7, 11) is -3.82. The number of sulfonamides is 1. The molecule has 0 atom stereocenters. The number of benzene rings is 1. The van der Waals surface area contributed by atoms with E-state index in [1.807, 2.05) is 0 Å². The Balaban J connectivity index is 2.27. The van der Waals surface area contributed by atoms with Crippen molar-refractivity contribution in [2.45, 2.75) is 4.90 Å². The number of hydrogen-bond acceptors (Lipinski definition) is 6. The fourth-order valence-electron chi connectivity index (χ4n) is 1.19. The number of anilines is 1. The lowest BCUT2D eigenvalue weighted by Gasteiger charge is -2.04. The Kier molecular flexibility index (Phi) is 2.93. The first-order valence-corrected chi connectivity index (χ1v) is 6.10. The van der Waals surface area contributed by atoms with E-state index in [4.69, 9.17) is 0 Å². The van der Waals surface area contributed by atoms with Gasteiger partial charge in [-0.25, -0.2) is 8.42 Å². The van der Waals surface area contributed by atoms with Crippen LogP contribution in [0.4, 0.5) is 11.5 Å². The van der Waals surface area contributed by atoms with Crippen LogP contribution in [0.2, 0.25) is 0 Å². The third-order valence-corrected chi connectivity index (χ3v) is 3.38. The molecule has 2 aromatic rings. The third-order valence-electron chi connectivity index (χ3n) is 2.01. The quantitative estimate of drug-likeness (QED) is 0.614. The molecule has 2 rings (SSSR count). The van der Waals surface area contributed by atoms with Crippen LogP contribution in [0, 0.1) is 10.1 Å². The number of non-ortho nitro benzene ring substituents is 1. The van der Waals surface area contributed by atoms with Crippen molar-refractivity contribution in [3.8, 4) is 0 Å². The summed E-state index contributed by atoms with van der Waals surface area (Å²) >= 11 is 0. The summed E-state index contributed by atoms with van der Waals surface area (Å²) in [5, 5.41) is 19.7. The van der Waals surface area contributed by atoms with Crippen LogP contribution in [-0.4, -0.2) is 28.8 Å². The van der Waals surface area contributed by atoms with Crippen LogP contribution in [0.15, 0.2) is 35.4 Å². The van der Waals surface area contributed by atoms with E-state index in [9.17, 15) is 18.5 Å². The summed E-state index contributed by atoms with van der Waals surface area (Å²) in [5.74, 6) is 0.0355. The molecule has 0 saturated heterocycles. The second-order valence-corrected chi connectivity index (χ2v) is 4.89. The van der Waals surface area contributed by atoms with Crippen LogP contribution in [0.1, 0.15) is 0 Å². The fraction of sp³-hybridized carbons (Fsp3) is 0. The Morgan fingerprint density at radius 3 is 2.44 bits per heavy atom. The molecule has 0 fully saturated rings. The van der Waals surface area contributed by atoms with E-state index in [1.165, 1.54) is 6.20 Å². The van der Waals surface area contributed by atoms with Crippen LogP contribution < -0.4 is 4.72 Å². The average Bonchev–Trinajstić information content (AvgIpc) is 2.81. The minimum Gasteiger partial charge on any atom is -0.261 e. The lowest BCUT2D eigenvalue weighted by Crippen LogP contribution is -2.13. The molecule has 1 aromatic heterocycles. The van der Waals surface area contributed by atoms with Gasteiger partial charge in [0.15, 0.2) is 5.82 Å². The molecule has 0 aliphatic carbocycles. The molecule has 9 nitrogen and oxygen atoms in total. The highest BCUT2D eigenvalue weighted by Crippen LogP contribution is 2.17. The first kappa shape index (κ1) is 12.0. The molecule has 0 spiro atoms. The van der Waals surface area contributed by atoms with E-state index in [0.717, 1.165) is 24.3 Å². The van der Waals surface area contributed by atoms with Crippen molar-refractivity contribution in [3.05, 3.63) is 40.6 Å². The molecule has 10 heteroatoms. The molecule has 1 aromatic carbocycles. The summed E-state index contributed by atoms with van der Waals surface area (Å²) in [4.78, 5) is 9.73. The summed E-state index contributed by atoms with van der Waals surface area (Å²) in [6, 6.07) is 4.50. The van der Waals surface area contributed by atoms with E-state index >= 15 is 0 Å². The first-order valence-electron chi connectivity index (χ1n) is 4.62. The second-order valence-electron chi connectivity index (χ2n) is 3.21. The van der Waals surface area contributed by atoms with Crippen LogP contribution >= 0.6 is 0 Å². The van der Waals surface area contributed by atoms with Crippen molar-refractivity contribution in [2.24, 2.45) is 0 Å². The second kappa shape index (κ2) is 4.41. The van der Waals surface area contributed by atoms with Gasteiger partial charge in [-0.2, -0.15) is 10.3 Å². The van der Waals surface area contributed by atoms with E-state index < -0.39 is 14.9 Å². The van der Waals surface area contributed by atoms with Gasteiger partial charge < -0.3 is 0 Å². The van der Waals surface area contributed by atoms with Crippen LogP contribution in [0.5, 0.6) is 0 Å². The number of aromatic nitrogens is 3. The molecule has 94 valence electrons. The Morgan fingerprint density at radius 2 is 1.94 bits per heavy atom. The molecule has 0 aliphatic heterocycles. The number of nitro groups is 1. The molecule has 1 heterocycles.